The number of ether oxygens (including phenoxy) is 1. The minimum absolute atomic E-state index is 0.105. The summed E-state index contributed by atoms with van der Waals surface area (Å²) in [5, 5.41) is 0. The van der Waals surface area contributed by atoms with E-state index in [0.29, 0.717) is 13.0 Å². The third-order valence-corrected chi connectivity index (χ3v) is 3.39. The quantitative estimate of drug-likeness (QED) is 0.201. The second-order valence-corrected chi connectivity index (χ2v) is 5.57. The number of allylic oxidation sites excluding steroid dienone is 6. The summed E-state index contributed by atoms with van der Waals surface area (Å²) >= 11 is 0. The van der Waals surface area contributed by atoms with Crippen molar-refractivity contribution in [2.75, 3.05) is 6.61 Å². The van der Waals surface area contributed by atoms with E-state index in [1.807, 2.05) is 0 Å². The molecule has 0 aliphatic rings. The van der Waals surface area contributed by atoms with Crippen LogP contribution in [0.5, 0.6) is 0 Å². The van der Waals surface area contributed by atoms with Gasteiger partial charge in [0, 0.05) is 6.42 Å². The molecule has 0 aliphatic carbocycles. The van der Waals surface area contributed by atoms with Gasteiger partial charge >= 0.3 is 5.97 Å². The number of esters is 1. The van der Waals surface area contributed by atoms with E-state index in [2.05, 4.69) is 50.0 Å². The van der Waals surface area contributed by atoms with Gasteiger partial charge < -0.3 is 4.74 Å². The van der Waals surface area contributed by atoms with Gasteiger partial charge in [-0.1, -0.05) is 75.3 Å². The summed E-state index contributed by atoms with van der Waals surface area (Å²) < 4.78 is 4.93. The van der Waals surface area contributed by atoms with Crippen LogP contribution < -0.4 is 0 Å². The molecule has 2 nitrogen and oxygen atoms in total. The Kier molecular flexibility index (Phi) is 17.2. The van der Waals surface area contributed by atoms with Crippen LogP contribution in [0.1, 0.15) is 71.1 Å². The van der Waals surface area contributed by atoms with Gasteiger partial charge in [0.25, 0.3) is 0 Å². The third kappa shape index (κ3) is 18.4. The molecule has 0 aromatic rings. The Balaban J connectivity index is 3.29. The molecular formula is C21H34O2. The highest BCUT2D eigenvalue weighted by molar-refractivity contribution is 5.69. The lowest BCUT2D eigenvalue weighted by Gasteiger charge is -2.02. The molecule has 0 N–H and O–H groups in total. The predicted molar refractivity (Wildman–Crippen MR) is 100 cm³/mol. The van der Waals surface area contributed by atoms with Gasteiger partial charge in [0.15, 0.2) is 0 Å². The first-order valence-electron chi connectivity index (χ1n) is 9.02. The van der Waals surface area contributed by atoms with E-state index in [9.17, 15) is 4.79 Å². The summed E-state index contributed by atoms with van der Waals surface area (Å²) in [6, 6.07) is 0. The van der Waals surface area contributed by atoms with Gasteiger partial charge in [-0.3, -0.25) is 4.79 Å². The highest BCUT2D eigenvalue weighted by atomic mass is 16.5. The molecule has 0 spiro atoms. The van der Waals surface area contributed by atoms with Gasteiger partial charge in [-0.2, -0.15) is 0 Å². The van der Waals surface area contributed by atoms with E-state index >= 15 is 0 Å². The number of rotatable bonds is 15. The van der Waals surface area contributed by atoms with Crippen molar-refractivity contribution >= 4 is 5.97 Å². The fourth-order valence-corrected chi connectivity index (χ4v) is 2.11. The normalized spacial score (nSPS) is 11.7. The fraction of sp³-hybridized carbons (Fsp3) is 0.571. The maximum Gasteiger partial charge on any atom is 0.306 e. The van der Waals surface area contributed by atoms with Gasteiger partial charge in [-0.15, -0.1) is 0 Å². The van der Waals surface area contributed by atoms with Crippen molar-refractivity contribution in [3.8, 4) is 0 Å². The number of hydrogen-bond acceptors (Lipinski definition) is 2. The Morgan fingerprint density at radius 3 is 2.17 bits per heavy atom. The van der Waals surface area contributed by atoms with Crippen molar-refractivity contribution in [2.24, 2.45) is 0 Å². The predicted octanol–water partition coefficient (Wildman–Crippen LogP) is 6.31. The standard InChI is InChI=1S/C21H34O2/c1-3-5-6-7-8-9-10-11-12-13-14-15-16-17-18-19-21(22)23-20-4-2/h4-6,8-9,11-12H,2-3,7,10,13-20H2,1H3. The summed E-state index contributed by atoms with van der Waals surface area (Å²) in [6.07, 6.45) is 25.6. The van der Waals surface area contributed by atoms with Crippen molar-refractivity contribution in [1.29, 1.82) is 0 Å². The van der Waals surface area contributed by atoms with Gasteiger partial charge in [0.05, 0.1) is 0 Å². The average Bonchev–Trinajstić information content (AvgIpc) is 2.56. The number of hydrogen-bond donors (Lipinski definition) is 0. The van der Waals surface area contributed by atoms with Gasteiger partial charge in [-0.05, 0) is 38.5 Å². The lowest BCUT2D eigenvalue weighted by molar-refractivity contribution is -0.142. The van der Waals surface area contributed by atoms with E-state index in [-0.39, 0.29) is 5.97 Å². The Morgan fingerprint density at radius 1 is 0.870 bits per heavy atom. The molecule has 0 rings (SSSR count). The zero-order valence-corrected chi connectivity index (χ0v) is 14.8. The van der Waals surface area contributed by atoms with Crippen LogP contribution in [0.25, 0.3) is 0 Å². The molecule has 0 aromatic carbocycles. The van der Waals surface area contributed by atoms with Crippen molar-refractivity contribution < 1.29 is 9.53 Å². The largest absolute Gasteiger partial charge is 0.461 e. The monoisotopic (exact) mass is 318 g/mol. The van der Waals surface area contributed by atoms with Crippen LogP contribution in [0.3, 0.4) is 0 Å². The van der Waals surface area contributed by atoms with E-state index in [1.165, 1.54) is 19.3 Å². The molecule has 0 atom stereocenters. The fourth-order valence-electron chi connectivity index (χ4n) is 2.11. The first kappa shape index (κ1) is 21.4. The summed E-state index contributed by atoms with van der Waals surface area (Å²) in [5.41, 5.74) is 0. The highest BCUT2D eigenvalue weighted by Gasteiger charge is 2.00. The molecule has 2 heteroatoms. The van der Waals surface area contributed by atoms with E-state index in [1.54, 1.807) is 6.08 Å². The second-order valence-electron chi connectivity index (χ2n) is 5.57. The molecule has 0 unspecified atom stereocenters. The number of unbranched alkanes of at least 4 members (excludes halogenated alkanes) is 5. The summed E-state index contributed by atoms with van der Waals surface area (Å²) in [5.74, 6) is -0.105. The molecule has 0 aromatic heterocycles. The van der Waals surface area contributed by atoms with Crippen molar-refractivity contribution in [2.45, 2.75) is 71.1 Å². The highest BCUT2D eigenvalue weighted by Crippen LogP contribution is 2.08. The number of carbonyl (C=O) groups excluding carboxylic acids is 1. The van der Waals surface area contributed by atoms with Crippen LogP contribution in [0.2, 0.25) is 0 Å². The number of carbonyl (C=O) groups is 1. The minimum atomic E-state index is -0.105. The first-order valence-corrected chi connectivity index (χ1v) is 9.02. The van der Waals surface area contributed by atoms with Crippen LogP contribution >= 0.6 is 0 Å². The Hall–Kier alpha value is -1.57. The second kappa shape index (κ2) is 18.5. The van der Waals surface area contributed by atoms with Crippen LogP contribution in [-0.2, 0) is 9.53 Å². The smallest absolute Gasteiger partial charge is 0.306 e. The molecule has 0 amide bonds. The van der Waals surface area contributed by atoms with Crippen LogP contribution in [0.4, 0.5) is 0 Å². The van der Waals surface area contributed by atoms with Crippen LogP contribution in [0, 0.1) is 0 Å². The molecule has 0 radical (unpaired) electrons. The first-order chi connectivity index (χ1) is 11.3. The van der Waals surface area contributed by atoms with Crippen molar-refractivity contribution in [3.05, 3.63) is 49.1 Å². The Labute approximate surface area is 143 Å². The van der Waals surface area contributed by atoms with Gasteiger partial charge in [0.2, 0.25) is 0 Å². The average molecular weight is 319 g/mol. The summed E-state index contributed by atoms with van der Waals surface area (Å²) in [7, 11) is 0. The molecule has 0 saturated heterocycles. The maximum atomic E-state index is 11.2. The topological polar surface area (TPSA) is 26.3 Å². The summed E-state index contributed by atoms with van der Waals surface area (Å²) in [4.78, 5) is 11.2. The zero-order valence-electron chi connectivity index (χ0n) is 14.8. The zero-order chi connectivity index (χ0) is 17.0. The molecule has 0 bridgehead atoms. The molecule has 0 saturated carbocycles. The minimum Gasteiger partial charge on any atom is -0.461 e. The van der Waals surface area contributed by atoms with Crippen molar-refractivity contribution in [1.82, 2.24) is 0 Å². The van der Waals surface area contributed by atoms with E-state index in [4.69, 9.17) is 4.74 Å². The SMILES string of the molecule is C=CCOC(=O)CCCCCCCC=CCC=CCC=CCC. The third-order valence-electron chi connectivity index (χ3n) is 3.39. The van der Waals surface area contributed by atoms with Gasteiger partial charge in [-0.25, -0.2) is 0 Å². The lowest BCUT2D eigenvalue weighted by Crippen LogP contribution is -2.03. The molecular weight excluding hydrogens is 284 g/mol. The lowest BCUT2D eigenvalue weighted by atomic mass is 10.1. The molecule has 0 fully saturated rings. The summed E-state index contributed by atoms with van der Waals surface area (Å²) in [6.45, 7) is 6.00. The molecule has 130 valence electrons. The van der Waals surface area contributed by atoms with E-state index < -0.39 is 0 Å². The molecule has 0 heterocycles. The molecule has 0 aliphatic heterocycles. The van der Waals surface area contributed by atoms with Crippen LogP contribution in [-0.4, -0.2) is 12.6 Å². The Bertz CT molecular complexity index is 364. The Morgan fingerprint density at radius 2 is 1.48 bits per heavy atom. The maximum absolute atomic E-state index is 11.2. The molecule has 23 heavy (non-hydrogen) atoms. The van der Waals surface area contributed by atoms with Gasteiger partial charge in [0.1, 0.15) is 6.61 Å². The van der Waals surface area contributed by atoms with E-state index in [0.717, 1.165) is 38.5 Å². The van der Waals surface area contributed by atoms with Crippen molar-refractivity contribution in [3.63, 3.8) is 0 Å². The van der Waals surface area contributed by atoms with Crippen LogP contribution in [0.15, 0.2) is 49.1 Å².